The molecule has 2 rings (SSSR count). The Morgan fingerprint density at radius 2 is 1.84 bits per heavy atom. The maximum atomic E-state index is 12.8. The van der Waals surface area contributed by atoms with Crippen LogP contribution in [0.15, 0.2) is 29.6 Å². The summed E-state index contributed by atoms with van der Waals surface area (Å²) in [4.78, 5) is 27.4. The van der Waals surface area contributed by atoms with Gasteiger partial charge in [-0.15, -0.1) is 11.3 Å². The van der Waals surface area contributed by atoms with Crippen LogP contribution in [0.5, 0.6) is 0 Å². The first-order valence-electron chi connectivity index (χ1n) is 7.08. The van der Waals surface area contributed by atoms with Crippen molar-refractivity contribution >= 4 is 28.3 Å². The second-order valence-corrected chi connectivity index (χ2v) is 5.86. The van der Waals surface area contributed by atoms with E-state index in [1.165, 1.54) is 12.1 Å². The maximum absolute atomic E-state index is 12.8. The van der Waals surface area contributed by atoms with Crippen LogP contribution in [-0.4, -0.2) is 29.5 Å². The molecule has 1 heterocycles. The van der Waals surface area contributed by atoms with Crippen LogP contribution < -0.4 is 10.6 Å². The Kier molecular flexibility index (Phi) is 6.07. The molecule has 0 aliphatic rings. The zero-order valence-corrected chi connectivity index (χ0v) is 13.5. The van der Waals surface area contributed by atoms with Crippen LogP contribution in [0.3, 0.4) is 0 Å². The summed E-state index contributed by atoms with van der Waals surface area (Å²) in [6, 6.07) is 4.96. The van der Waals surface area contributed by atoms with E-state index in [4.69, 9.17) is 0 Å². The molecule has 0 saturated heterocycles. The van der Waals surface area contributed by atoms with Gasteiger partial charge in [-0.05, 0) is 30.7 Å². The number of anilines is 1. The number of nitrogens with zero attached hydrogens (tertiary/aromatic N) is 1. The first kappa shape index (κ1) is 18.8. The average molecular weight is 375 g/mol. The highest BCUT2D eigenvalue weighted by Crippen LogP contribution is 2.18. The van der Waals surface area contributed by atoms with E-state index in [1.54, 1.807) is 10.7 Å². The van der Waals surface area contributed by atoms with Gasteiger partial charge in [0.05, 0.1) is 5.69 Å². The smallest absolute Gasteiger partial charge is 0.347 e. The molecule has 0 fully saturated rings. The van der Waals surface area contributed by atoms with Gasteiger partial charge in [-0.3, -0.25) is 14.9 Å². The van der Waals surface area contributed by atoms with Crippen molar-refractivity contribution in [3.63, 3.8) is 0 Å². The molecule has 1 aromatic heterocycles. The van der Waals surface area contributed by atoms with Crippen LogP contribution in [0.2, 0.25) is 0 Å². The summed E-state index contributed by atoms with van der Waals surface area (Å²) >= 11 is 1.12. The molecule has 0 saturated carbocycles. The topological polar surface area (TPSA) is 71.1 Å². The Morgan fingerprint density at radius 3 is 2.48 bits per heavy atom. The second kappa shape index (κ2) is 8.06. The minimum Gasteiger partial charge on any atom is -0.347 e. The van der Waals surface area contributed by atoms with Crippen LogP contribution in [-0.2, 0) is 11.2 Å². The van der Waals surface area contributed by atoms with Crippen molar-refractivity contribution in [2.45, 2.75) is 19.0 Å². The molecule has 0 unspecified atom stereocenters. The number of nitrogens with one attached hydrogen (secondary N) is 2. The third-order valence-electron chi connectivity index (χ3n) is 2.97. The lowest BCUT2D eigenvalue weighted by atomic mass is 10.2. The van der Waals surface area contributed by atoms with Crippen molar-refractivity contribution in [1.29, 1.82) is 0 Å². The van der Waals surface area contributed by atoms with E-state index in [9.17, 15) is 27.2 Å². The van der Waals surface area contributed by atoms with E-state index in [1.807, 2.05) is 0 Å². The first-order valence-corrected chi connectivity index (χ1v) is 7.96. The van der Waals surface area contributed by atoms with E-state index in [2.05, 4.69) is 10.3 Å². The number of hydrogen-bond donors (Lipinski definition) is 2. The minimum atomic E-state index is -4.45. The van der Waals surface area contributed by atoms with Crippen LogP contribution in [0, 0.1) is 5.82 Å². The van der Waals surface area contributed by atoms with Crippen molar-refractivity contribution in [2.75, 3.05) is 11.9 Å². The number of thiazole rings is 1. The van der Waals surface area contributed by atoms with E-state index in [0.29, 0.717) is 5.69 Å². The lowest BCUT2D eigenvalue weighted by Gasteiger charge is -2.07. The molecule has 2 N–H and O–H groups in total. The molecule has 25 heavy (non-hydrogen) atoms. The predicted octanol–water partition coefficient (Wildman–Crippen LogP) is 3.15. The van der Waals surface area contributed by atoms with Crippen molar-refractivity contribution < 1.29 is 27.2 Å². The molecule has 134 valence electrons. The monoisotopic (exact) mass is 375 g/mol. The number of carbonyl (C=O) groups excluding carboxylic acids is 2. The summed E-state index contributed by atoms with van der Waals surface area (Å²) in [7, 11) is 0. The Hall–Kier alpha value is -2.49. The third kappa shape index (κ3) is 6.49. The van der Waals surface area contributed by atoms with Gasteiger partial charge < -0.3 is 5.32 Å². The molecule has 0 radical (unpaired) electrons. The average Bonchev–Trinajstić information content (AvgIpc) is 2.98. The highest BCUT2D eigenvalue weighted by atomic mass is 32.1. The Labute approximate surface area is 144 Å². The zero-order valence-electron chi connectivity index (χ0n) is 12.7. The molecule has 0 aliphatic heterocycles. The Balaban J connectivity index is 1.82. The molecule has 0 bridgehead atoms. The predicted molar refractivity (Wildman–Crippen MR) is 83.9 cm³/mol. The summed E-state index contributed by atoms with van der Waals surface area (Å²) in [5.41, 5.74) is 0.728. The molecule has 0 atom stereocenters. The Morgan fingerprint density at radius 1 is 1.16 bits per heavy atom. The van der Waals surface area contributed by atoms with Crippen molar-refractivity contribution in [2.24, 2.45) is 0 Å². The van der Waals surface area contributed by atoms with Crippen molar-refractivity contribution in [3.05, 3.63) is 46.7 Å². The van der Waals surface area contributed by atoms with Crippen LogP contribution in [0.4, 0.5) is 22.7 Å². The normalized spacial score (nSPS) is 11.2. The fourth-order valence-corrected chi connectivity index (χ4v) is 2.52. The number of benzene rings is 1. The molecule has 5 nitrogen and oxygen atoms in total. The number of aryl methyl sites for hydroxylation is 1. The largest absolute Gasteiger partial charge is 0.405 e. The van der Waals surface area contributed by atoms with Gasteiger partial charge in [-0.2, -0.15) is 13.2 Å². The van der Waals surface area contributed by atoms with Crippen molar-refractivity contribution in [3.8, 4) is 0 Å². The van der Waals surface area contributed by atoms with Gasteiger partial charge in [0.1, 0.15) is 12.4 Å². The van der Waals surface area contributed by atoms with Gasteiger partial charge in [0.25, 0.3) is 5.91 Å². The van der Waals surface area contributed by atoms with Crippen LogP contribution in [0.25, 0.3) is 0 Å². The number of alkyl halides is 3. The molecule has 2 aromatic rings. The van der Waals surface area contributed by atoms with Crippen molar-refractivity contribution in [1.82, 2.24) is 10.3 Å². The minimum absolute atomic E-state index is 0.145. The Bertz CT molecular complexity index is 744. The second-order valence-electron chi connectivity index (χ2n) is 5.00. The van der Waals surface area contributed by atoms with E-state index in [0.717, 1.165) is 23.5 Å². The molecular weight excluding hydrogens is 362 g/mol. The van der Waals surface area contributed by atoms with Gasteiger partial charge in [-0.1, -0.05) is 0 Å². The van der Waals surface area contributed by atoms with Crippen LogP contribution >= 0.6 is 11.3 Å². The van der Waals surface area contributed by atoms with E-state index >= 15 is 0 Å². The van der Waals surface area contributed by atoms with Crippen LogP contribution in [0.1, 0.15) is 22.5 Å². The summed E-state index contributed by atoms with van der Waals surface area (Å²) in [6.07, 6.45) is -4.45. The summed E-state index contributed by atoms with van der Waals surface area (Å²) in [5.74, 6) is -1.66. The molecule has 10 heteroatoms. The van der Waals surface area contributed by atoms with E-state index < -0.39 is 30.4 Å². The van der Waals surface area contributed by atoms with E-state index in [-0.39, 0.29) is 23.5 Å². The fraction of sp³-hybridized carbons (Fsp3) is 0.267. The quantitative estimate of drug-likeness (QED) is 0.762. The number of amides is 2. The lowest BCUT2D eigenvalue weighted by molar-refractivity contribution is -0.138. The van der Waals surface area contributed by atoms with Gasteiger partial charge in [0.2, 0.25) is 5.91 Å². The lowest BCUT2D eigenvalue weighted by Crippen LogP contribution is -2.33. The van der Waals surface area contributed by atoms with Gasteiger partial charge in [0.15, 0.2) is 5.13 Å². The van der Waals surface area contributed by atoms with Gasteiger partial charge in [-0.25, -0.2) is 9.37 Å². The third-order valence-corrected chi connectivity index (χ3v) is 3.78. The molecule has 0 spiro atoms. The number of carbonyl (C=O) groups is 2. The molecular formula is C15H13F4N3O2S. The number of hydrogen-bond acceptors (Lipinski definition) is 4. The first-order chi connectivity index (χ1) is 11.7. The molecule has 0 aliphatic carbocycles. The number of aromatic nitrogens is 1. The maximum Gasteiger partial charge on any atom is 0.405 e. The number of rotatable bonds is 6. The van der Waals surface area contributed by atoms with Gasteiger partial charge >= 0.3 is 6.18 Å². The molecule has 2 amide bonds. The fourth-order valence-electron chi connectivity index (χ4n) is 1.78. The summed E-state index contributed by atoms with van der Waals surface area (Å²) < 4.78 is 48.8. The SMILES string of the molecule is O=C(CCc1csc(NC(=O)c2ccc(F)cc2)n1)NCC(F)(F)F. The standard InChI is InChI=1S/C15H13F4N3O2S/c16-10-3-1-9(2-4-10)13(24)22-14-21-11(7-25-14)5-6-12(23)20-8-15(17,18)19/h1-4,7H,5-6,8H2,(H,20,23)(H,21,22,24). The zero-order chi connectivity index (χ0) is 18.4. The summed E-state index contributed by atoms with van der Waals surface area (Å²) in [6.45, 7) is -1.37. The summed E-state index contributed by atoms with van der Waals surface area (Å²) in [5, 5.41) is 6.17. The number of halogens is 4. The molecule has 1 aromatic carbocycles. The highest BCUT2D eigenvalue weighted by Gasteiger charge is 2.27. The highest BCUT2D eigenvalue weighted by molar-refractivity contribution is 7.14. The van der Waals surface area contributed by atoms with Gasteiger partial charge in [0, 0.05) is 17.4 Å².